The number of nitrogens with zero attached hydrogens (tertiary/aromatic N) is 4. The first-order valence-corrected chi connectivity index (χ1v) is 6.10. The van der Waals surface area contributed by atoms with Crippen LogP contribution in [0.5, 0.6) is 0 Å². The highest BCUT2D eigenvalue weighted by Crippen LogP contribution is 2.28. The summed E-state index contributed by atoms with van der Waals surface area (Å²) in [6.07, 6.45) is 0.773. The van der Waals surface area contributed by atoms with E-state index >= 15 is 0 Å². The summed E-state index contributed by atoms with van der Waals surface area (Å²) in [4.78, 5) is 16.8. The zero-order chi connectivity index (χ0) is 13.0. The average molecular weight is 244 g/mol. The van der Waals surface area contributed by atoms with Crippen LogP contribution in [0, 0.1) is 5.92 Å². The third kappa shape index (κ3) is 2.46. The molecular weight excluding hydrogens is 228 g/mol. The van der Waals surface area contributed by atoms with Crippen molar-refractivity contribution < 1.29 is 4.79 Å². The summed E-state index contributed by atoms with van der Waals surface area (Å²) in [5, 5.41) is 3.50. The zero-order valence-electron chi connectivity index (χ0n) is 10.4. The highest BCUT2D eigenvalue weighted by atomic mass is 16.2. The first kappa shape index (κ1) is 12.5. The van der Waals surface area contributed by atoms with Gasteiger partial charge in [0.2, 0.25) is 5.91 Å². The maximum absolute atomic E-state index is 12.2. The van der Waals surface area contributed by atoms with Gasteiger partial charge in [0.05, 0.1) is 6.04 Å². The second kappa shape index (κ2) is 5.56. The molecule has 2 rings (SSSR count). The van der Waals surface area contributed by atoms with Crippen LogP contribution in [0.1, 0.15) is 24.9 Å². The van der Waals surface area contributed by atoms with E-state index in [1.165, 1.54) is 0 Å². The van der Waals surface area contributed by atoms with Gasteiger partial charge in [-0.15, -0.1) is 0 Å². The van der Waals surface area contributed by atoms with Crippen LogP contribution in [-0.4, -0.2) is 23.9 Å². The Morgan fingerprint density at radius 2 is 2.22 bits per heavy atom. The van der Waals surface area contributed by atoms with Crippen molar-refractivity contribution in [3.63, 3.8) is 0 Å². The average Bonchev–Trinajstić information content (AvgIpc) is 2.78. The second-order valence-electron chi connectivity index (χ2n) is 4.52. The summed E-state index contributed by atoms with van der Waals surface area (Å²) in [5.74, 6) is -0.0502. The summed E-state index contributed by atoms with van der Waals surface area (Å²) in [6.45, 7) is 3.04. The van der Waals surface area contributed by atoms with Crippen LogP contribution in [-0.2, 0) is 4.79 Å². The summed E-state index contributed by atoms with van der Waals surface area (Å²) in [5.41, 5.74) is 9.43. The molecule has 0 spiro atoms. The summed E-state index contributed by atoms with van der Waals surface area (Å²) < 4.78 is 0. The Balaban J connectivity index is 2.07. The van der Waals surface area contributed by atoms with Gasteiger partial charge in [-0.25, -0.2) is 0 Å². The molecular formula is C13H16N4O. The van der Waals surface area contributed by atoms with Gasteiger partial charge < -0.3 is 4.90 Å². The van der Waals surface area contributed by atoms with Crippen molar-refractivity contribution in [3.8, 4) is 0 Å². The predicted molar refractivity (Wildman–Crippen MR) is 68.7 cm³/mol. The topological polar surface area (TPSA) is 69.1 Å². The van der Waals surface area contributed by atoms with Crippen molar-refractivity contribution in [1.82, 2.24) is 4.90 Å². The molecule has 2 atom stereocenters. The number of benzene rings is 1. The Kier molecular flexibility index (Phi) is 3.85. The zero-order valence-corrected chi connectivity index (χ0v) is 10.4. The highest BCUT2D eigenvalue weighted by molar-refractivity contribution is 5.81. The molecule has 0 N–H and O–H groups in total. The Hall–Kier alpha value is -2.00. The molecule has 1 aromatic carbocycles. The van der Waals surface area contributed by atoms with Crippen LogP contribution in [0.15, 0.2) is 35.4 Å². The van der Waals surface area contributed by atoms with Gasteiger partial charge in [0.25, 0.3) is 0 Å². The summed E-state index contributed by atoms with van der Waals surface area (Å²) >= 11 is 0. The molecule has 1 heterocycles. The normalized spacial score (nSPS) is 20.6. The number of likely N-dealkylation sites (tertiary alicyclic amines) is 1. The highest BCUT2D eigenvalue weighted by Gasteiger charge is 2.34. The van der Waals surface area contributed by atoms with Crippen LogP contribution in [0.25, 0.3) is 10.4 Å². The van der Waals surface area contributed by atoms with E-state index in [-0.39, 0.29) is 24.4 Å². The molecule has 1 aromatic rings. The van der Waals surface area contributed by atoms with E-state index in [2.05, 4.69) is 10.0 Å². The SMILES string of the molecule is C[C@H](c1ccccc1)N1CCC(CN=[N+]=[N-])C1=O. The van der Waals surface area contributed by atoms with E-state index in [1.807, 2.05) is 42.2 Å². The van der Waals surface area contributed by atoms with E-state index < -0.39 is 0 Å². The minimum absolute atomic E-state index is 0.0785. The van der Waals surface area contributed by atoms with Crippen LogP contribution in [0.3, 0.4) is 0 Å². The molecule has 0 aromatic heterocycles. The maximum atomic E-state index is 12.2. The molecule has 0 bridgehead atoms. The minimum Gasteiger partial charge on any atom is -0.336 e. The molecule has 94 valence electrons. The molecule has 0 aliphatic carbocycles. The molecule has 0 saturated carbocycles. The van der Waals surface area contributed by atoms with E-state index in [0.717, 1.165) is 18.5 Å². The fourth-order valence-electron chi connectivity index (χ4n) is 2.36. The molecule has 1 aliphatic rings. The molecule has 1 fully saturated rings. The minimum atomic E-state index is -0.146. The lowest BCUT2D eigenvalue weighted by Crippen LogP contribution is -2.30. The second-order valence-corrected chi connectivity index (χ2v) is 4.52. The first-order valence-electron chi connectivity index (χ1n) is 6.10. The van der Waals surface area contributed by atoms with E-state index in [9.17, 15) is 4.79 Å². The largest absolute Gasteiger partial charge is 0.336 e. The predicted octanol–water partition coefficient (Wildman–Crippen LogP) is 2.91. The van der Waals surface area contributed by atoms with Gasteiger partial charge in [0.15, 0.2) is 0 Å². The lowest BCUT2D eigenvalue weighted by atomic mass is 10.1. The molecule has 1 unspecified atom stereocenters. The van der Waals surface area contributed by atoms with Crippen LogP contribution in [0.4, 0.5) is 0 Å². The van der Waals surface area contributed by atoms with E-state index in [4.69, 9.17) is 5.53 Å². The van der Waals surface area contributed by atoms with Crippen molar-refractivity contribution in [2.24, 2.45) is 11.0 Å². The van der Waals surface area contributed by atoms with Crippen molar-refractivity contribution >= 4 is 5.91 Å². The Morgan fingerprint density at radius 1 is 1.50 bits per heavy atom. The molecule has 1 saturated heterocycles. The number of hydrogen-bond acceptors (Lipinski definition) is 2. The fourth-order valence-corrected chi connectivity index (χ4v) is 2.36. The van der Waals surface area contributed by atoms with Gasteiger partial charge in [0, 0.05) is 23.9 Å². The molecule has 1 aliphatic heterocycles. The molecule has 5 nitrogen and oxygen atoms in total. The van der Waals surface area contributed by atoms with Gasteiger partial charge >= 0.3 is 0 Å². The van der Waals surface area contributed by atoms with E-state index in [0.29, 0.717) is 0 Å². The number of rotatable bonds is 4. The Bertz CT molecular complexity index is 467. The number of amides is 1. The Morgan fingerprint density at radius 3 is 2.89 bits per heavy atom. The summed E-state index contributed by atoms with van der Waals surface area (Å²) in [6, 6.07) is 10.0. The van der Waals surface area contributed by atoms with Crippen LogP contribution < -0.4 is 0 Å². The van der Waals surface area contributed by atoms with Crippen molar-refractivity contribution in [2.45, 2.75) is 19.4 Å². The molecule has 18 heavy (non-hydrogen) atoms. The maximum Gasteiger partial charge on any atom is 0.226 e. The van der Waals surface area contributed by atoms with Gasteiger partial charge in [-0.3, -0.25) is 4.79 Å². The number of hydrogen-bond donors (Lipinski definition) is 0. The van der Waals surface area contributed by atoms with Crippen molar-refractivity contribution in [2.75, 3.05) is 13.1 Å². The lowest BCUT2D eigenvalue weighted by molar-refractivity contribution is -0.132. The first-order chi connectivity index (χ1) is 8.74. The van der Waals surface area contributed by atoms with Crippen LogP contribution >= 0.6 is 0 Å². The van der Waals surface area contributed by atoms with Gasteiger partial charge in [0.1, 0.15) is 0 Å². The van der Waals surface area contributed by atoms with E-state index in [1.54, 1.807) is 0 Å². The Labute approximate surface area is 106 Å². The lowest BCUT2D eigenvalue weighted by Gasteiger charge is -2.25. The summed E-state index contributed by atoms with van der Waals surface area (Å²) in [7, 11) is 0. The monoisotopic (exact) mass is 244 g/mol. The smallest absolute Gasteiger partial charge is 0.226 e. The van der Waals surface area contributed by atoms with Crippen LogP contribution in [0.2, 0.25) is 0 Å². The van der Waals surface area contributed by atoms with Gasteiger partial charge in [-0.1, -0.05) is 35.4 Å². The molecule has 1 amide bonds. The number of carbonyl (C=O) groups is 1. The van der Waals surface area contributed by atoms with Crippen molar-refractivity contribution in [3.05, 3.63) is 46.3 Å². The molecule has 0 radical (unpaired) electrons. The van der Waals surface area contributed by atoms with Gasteiger partial charge in [-0.2, -0.15) is 0 Å². The quantitative estimate of drug-likeness (QED) is 0.456. The third-order valence-electron chi connectivity index (χ3n) is 3.47. The third-order valence-corrected chi connectivity index (χ3v) is 3.47. The number of azide groups is 1. The molecule has 5 heteroatoms. The standard InChI is InChI=1S/C13H16N4O/c1-10(11-5-3-2-4-6-11)17-8-7-12(13(17)18)9-15-16-14/h2-6,10,12H,7-9H2,1H3/t10-,12?/m1/s1. The van der Waals surface area contributed by atoms with Gasteiger partial charge in [-0.05, 0) is 24.4 Å². The van der Waals surface area contributed by atoms with Crippen molar-refractivity contribution in [1.29, 1.82) is 0 Å². The fraction of sp³-hybridized carbons (Fsp3) is 0.462. The number of carbonyl (C=O) groups excluding carboxylic acids is 1.